The zero-order chi connectivity index (χ0) is 14.8. The Labute approximate surface area is 117 Å². The first-order valence-electron chi connectivity index (χ1n) is 6.63. The second-order valence-corrected chi connectivity index (χ2v) is 7.46. The first-order valence-corrected chi connectivity index (χ1v) is 8.35. The molecule has 0 saturated heterocycles. The molecule has 1 saturated carbocycles. The molecule has 0 heterocycles. The molecule has 4 nitrogen and oxygen atoms in total. The highest BCUT2D eigenvalue weighted by atomic mass is 32.2. The van der Waals surface area contributed by atoms with Gasteiger partial charge in [-0.2, -0.15) is 0 Å². The average molecular weight is 300 g/mol. The maximum atomic E-state index is 13.7. The molecule has 0 spiro atoms. The van der Waals surface area contributed by atoms with Gasteiger partial charge in [-0.15, -0.1) is 0 Å². The number of hydrogen-bond acceptors (Lipinski definition) is 3. The number of carbonyl (C=O) groups is 1. The lowest BCUT2D eigenvalue weighted by Gasteiger charge is -2.21. The minimum Gasteiger partial charge on any atom is -0.478 e. The fourth-order valence-corrected chi connectivity index (χ4v) is 4.52. The van der Waals surface area contributed by atoms with Gasteiger partial charge in [-0.3, -0.25) is 0 Å². The Bertz CT molecular complexity index is 604. The topological polar surface area (TPSA) is 71.4 Å². The summed E-state index contributed by atoms with van der Waals surface area (Å²) in [4.78, 5) is 10.9. The standard InChI is InChI=1S/C14H17FO4S/c15-13-7-6-10(14(16)17)8-11(13)9-20(18,19)12-4-2-1-3-5-12/h6-8,12H,1-5,9H2,(H,16,17). The average Bonchev–Trinajstić information content (AvgIpc) is 2.42. The van der Waals surface area contributed by atoms with Crippen LogP contribution in [0, 0.1) is 5.82 Å². The van der Waals surface area contributed by atoms with Gasteiger partial charge in [-0.05, 0) is 31.0 Å². The van der Waals surface area contributed by atoms with E-state index in [2.05, 4.69) is 0 Å². The monoisotopic (exact) mass is 300 g/mol. The summed E-state index contributed by atoms with van der Waals surface area (Å²) in [5.74, 6) is -2.29. The molecule has 0 radical (unpaired) electrons. The van der Waals surface area contributed by atoms with Crippen LogP contribution >= 0.6 is 0 Å². The Morgan fingerprint density at radius 2 is 1.90 bits per heavy atom. The quantitative estimate of drug-likeness (QED) is 0.928. The first-order chi connectivity index (χ1) is 9.40. The van der Waals surface area contributed by atoms with E-state index in [0.717, 1.165) is 37.5 Å². The molecule has 20 heavy (non-hydrogen) atoms. The zero-order valence-electron chi connectivity index (χ0n) is 11.0. The summed E-state index contributed by atoms with van der Waals surface area (Å²) < 4.78 is 38.2. The maximum Gasteiger partial charge on any atom is 0.335 e. The van der Waals surface area contributed by atoms with E-state index in [1.54, 1.807) is 0 Å². The van der Waals surface area contributed by atoms with Crippen molar-refractivity contribution in [2.45, 2.75) is 43.1 Å². The zero-order valence-corrected chi connectivity index (χ0v) is 11.8. The molecule has 1 fully saturated rings. The predicted octanol–water partition coefficient (Wildman–Crippen LogP) is 2.77. The highest BCUT2D eigenvalue weighted by Crippen LogP contribution is 2.27. The van der Waals surface area contributed by atoms with E-state index in [1.165, 1.54) is 0 Å². The number of benzene rings is 1. The molecule has 0 bridgehead atoms. The summed E-state index contributed by atoms with van der Waals surface area (Å²) in [6.07, 6.45) is 4.02. The number of hydrogen-bond donors (Lipinski definition) is 1. The molecule has 0 amide bonds. The van der Waals surface area contributed by atoms with E-state index in [4.69, 9.17) is 5.11 Å². The van der Waals surface area contributed by atoms with Crippen LogP contribution in [0.15, 0.2) is 18.2 Å². The van der Waals surface area contributed by atoms with E-state index < -0.39 is 32.6 Å². The van der Waals surface area contributed by atoms with Crippen molar-refractivity contribution in [2.24, 2.45) is 0 Å². The molecule has 1 aliphatic rings. The normalized spacial score (nSPS) is 17.1. The van der Waals surface area contributed by atoms with E-state index >= 15 is 0 Å². The lowest BCUT2D eigenvalue weighted by atomic mass is 10.0. The van der Waals surface area contributed by atoms with Gasteiger partial charge in [-0.25, -0.2) is 17.6 Å². The van der Waals surface area contributed by atoms with Crippen LogP contribution < -0.4 is 0 Å². The second-order valence-electron chi connectivity index (χ2n) is 5.18. The van der Waals surface area contributed by atoms with Crippen molar-refractivity contribution in [1.29, 1.82) is 0 Å². The molecule has 1 aliphatic carbocycles. The van der Waals surface area contributed by atoms with Gasteiger partial charge < -0.3 is 5.11 Å². The van der Waals surface area contributed by atoms with Crippen molar-refractivity contribution in [3.8, 4) is 0 Å². The van der Waals surface area contributed by atoms with Gasteiger partial charge in [0.05, 0.1) is 16.6 Å². The number of carboxylic acids is 1. The molecular weight excluding hydrogens is 283 g/mol. The molecule has 1 aromatic carbocycles. The summed E-state index contributed by atoms with van der Waals surface area (Å²) >= 11 is 0. The maximum absolute atomic E-state index is 13.7. The third kappa shape index (κ3) is 3.36. The van der Waals surface area contributed by atoms with E-state index in [-0.39, 0.29) is 11.1 Å². The van der Waals surface area contributed by atoms with Crippen molar-refractivity contribution >= 4 is 15.8 Å². The van der Waals surface area contributed by atoms with Crippen molar-refractivity contribution in [1.82, 2.24) is 0 Å². The Morgan fingerprint density at radius 1 is 1.25 bits per heavy atom. The van der Waals surface area contributed by atoms with Crippen LogP contribution in [0.2, 0.25) is 0 Å². The molecule has 0 unspecified atom stereocenters. The Kier molecular flexibility index (Phi) is 4.42. The van der Waals surface area contributed by atoms with Crippen LogP contribution in [0.3, 0.4) is 0 Å². The van der Waals surface area contributed by atoms with E-state index in [9.17, 15) is 17.6 Å². The van der Waals surface area contributed by atoms with Crippen LogP contribution in [0.1, 0.15) is 48.0 Å². The summed E-state index contributed by atoms with van der Waals surface area (Å²) in [6.45, 7) is 0. The highest BCUT2D eigenvalue weighted by molar-refractivity contribution is 7.91. The minimum absolute atomic E-state index is 0.0597. The molecule has 1 aromatic rings. The summed E-state index contributed by atoms with van der Waals surface area (Å²) in [5.41, 5.74) is -0.157. The summed E-state index contributed by atoms with van der Waals surface area (Å²) in [5, 5.41) is 8.45. The minimum atomic E-state index is -3.43. The Balaban J connectivity index is 2.24. The fraction of sp³-hybridized carbons (Fsp3) is 0.500. The van der Waals surface area contributed by atoms with E-state index in [1.807, 2.05) is 0 Å². The molecule has 6 heteroatoms. The van der Waals surface area contributed by atoms with Gasteiger partial charge in [0.25, 0.3) is 0 Å². The SMILES string of the molecule is O=C(O)c1ccc(F)c(CS(=O)(=O)C2CCCCC2)c1. The molecule has 0 aromatic heterocycles. The van der Waals surface area contributed by atoms with Crippen LogP contribution in [0.25, 0.3) is 0 Å². The van der Waals surface area contributed by atoms with Gasteiger partial charge in [-0.1, -0.05) is 19.3 Å². The predicted molar refractivity (Wildman–Crippen MR) is 72.9 cm³/mol. The van der Waals surface area contributed by atoms with Gasteiger partial charge in [0.15, 0.2) is 9.84 Å². The smallest absolute Gasteiger partial charge is 0.335 e. The molecule has 0 aliphatic heterocycles. The number of sulfone groups is 1. The van der Waals surface area contributed by atoms with E-state index in [0.29, 0.717) is 12.8 Å². The fourth-order valence-electron chi connectivity index (χ4n) is 2.58. The van der Waals surface area contributed by atoms with Crippen LogP contribution in [0.4, 0.5) is 4.39 Å². The van der Waals surface area contributed by atoms with Crippen molar-refractivity contribution in [2.75, 3.05) is 0 Å². The summed E-state index contributed by atoms with van der Waals surface area (Å²) in [7, 11) is -3.43. The molecular formula is C14H17FO4S. The number of rotatable bonds is 4. The highest BCUT2D eigenvalue weighted by Gasteiger charge is 2.28. The van der Waals surface area contributed by atoms with Gasteiger partial charge in [0.1, 0.15) is 5.82 Å². The van der Waals surface area contributed by atoms with Crippen LogP contribution in [-0.4, -0.2) is 24.7 Å². The number of halogens is 1. The van der Waals surface area contributed by atoms with Crippen LogP contribution in [-0.2, 0) is 15.6 Å². The molecule has 1 N–H and O–H groups in total. The first kappa shape index (κ1) is 15.0. The van der Waals surface area contributed by atoms with Crippen LogP contribution in [0.5, 0.6) is 0 Å². The lowest BCUT2D eigenvalue weighted by molar-refractivity contribution is 0.0696. The third-order valence-electron chi connectivity index (χ3n) is 3.71. The lowest BCUT2D eigenvalue weighted by Crippen LogP contribution is -2.25. The largest absolute Gasteiger partial charge is 0.478 e. The van der Waals surface area contributed by atoms with Crippen molar-refractivity contribution < 1.29 is 22.7 Å². The second kappa shape index (κ2) is 5.91. The Morgan fingerprint density at radius 3 is 2.50 bits per heavy atom. The van der Waals surface area contributed by atoms with Gasteiger partial charge >= 0.3 is 5.97 Å². The third-order valence-corrected chi connectivity index (χ3v) is 5.91. The van der Waals surface area contributed by atoms with Crippen molar-refractivity contribution in [3.05, 3.63) is 35.1 Å². The van der Waals surface area contributed by atoms with Gasteiger partial charge in [0.2, 0.25) is 0 Å². The summed E-state index contributed by atoms with van der Waals surface area (Å²) in [6, 6.07) is 3.25. The Hall–Kier alpha value is -1.43. The molecule has 2 rings (SSSR count). The molecule has 110 valence electrons. The van der Waals surface area contributed by atoms with Gasteiger partial charge in [0, 0.05) is 5.56 Å². The molecule has 0 atom stereocenters. The van der Waals surface area contributed by atoms with Crippen molar-refractivity contribution in [3.63, 3.8) is 0 Å². The number of carboxylic acid groups (broad SMARTS) is 1. The number of aromatic carboxylic acids is 1.